The predicted octanol–water partition coefficient (Wildman–Crippen LogP) is 3.33. The van der Waals surface area contributed by atoms with Gasteiger partial charge in [-0.15, -0.1) is 0 Å². The minimum Gasteiger partial charge on any atom is -0.292 e. The van der Waals surface area contributed by atoms with Crippen LogP contribution in [0, 0.1) is 6.92 Å². The second-order valence-corrected chi connectivity index (χ2v) is 5.05. The van der Waals surface area contributed by atoms with Crippen LogP contribution >= 0.6 is 0 Å². The van der Waals surface area contributed by atoms with Crippen LogP contribution in [0.3, 0.4) is 0 Å². The lowest BCUT2D eigenvalue weighted by atomic mass is 9.95. The summed E-state index contributed by atoms with van der Waals surface area (Å²) >= 11 is 0. The monoisotopic (exact) mass is 218 g/mol. The first-order chi connectivity index (χ1) is 7.70. The van der Waals surface area contributed by atoms with E-state index >= 15 is 0 Å². The van der Waals surface area contributed by atoms with Crippen LogP contribution in [-0.4, -0.2) is 22.5 Å². The van der Waals surface area contributed by atoms with Crippen molar-refractivity contribution in [1.29, 1.82) is 0 Å². The van der Waals surface area contributed by atoms with Crippen molar-refractivity contribution in [1.82, 2.24) is 9.88 Å². The van der Waals surface area contributed by atoms with Crippen molar-refractivity contribution in [2.24, 2.45) is 0 Å². The Bertz CT molecular complexity index is 346. The van der Waals surface area contributed by atoms with Gasteiger partial charge in [-0.1, -0.05) is 12.5 Å². The molecular weight excluding hydrogens is 196 g/mol. The first-order valence-electron chi connectivity index (χ1n) is 6.37. The molecule has 0 aliphatic carbocycles. The van der Waals surface area contributed by atoms with Gasteiger partial charge in [0.05, 0.1) is 11.7 Å². The lowest BCUT2D eigenvalue weighted by Crippen LogP contribution is -2.39. The molecule has 0 aromatic carbocycles. The molecular formula is C14H22N2. The van der Waals surface area contributed by atoms with Gasteiger partial charge in [0.1, 0.15) is 0 Å². The van der Waals surface area contributed by atoms with E-state index in [9.17, 15) is 0 Å². The second kappa shape index (κ2) is 4.96. The average Bonchev–Trinajstić information content (AvgIpc) is 2.29. The van der Waals surface area contributed by atoms with Gasteiger partial charge >= 0.3 is 0 Å². The molecule has 1 saturated heterocycles. The van der Waals surface area contributed by atoms with Crippen LogP contribution in [0.15, 0.2) is 18.3 Å². The summed E-state index contributed by atoms with van der Waals surface area (Å²) in [6.07, 6.45) is 5.86. The molecule has 1 aliphatic heterocycles. The maximum atomic E-state index is 4.59. The van der Waals surface area contributed by atoms with Crippen molar-refractivity contribution >= 4 is 0 Å². The van der Waals surface area contributed by atoms with Crippen LogP contribution < -0.4 is 0 Å². The predicted molar refractivity (Wildman–Crippen MR) is 67.4 cm³/mol. The van der Waals surface area contributed by atoms with Gasteiger partial charge in [-0.25, -0.2) is 0 Å². The molecule has 2 heteroatoms. The maximum absolute atomic E-state index is 4.59. The van der Waals surface area contributed by atoms with Crippen LogP contribution in [0.5, 0.6) is 0 Å². The highest BCUT2D eigenvalue weighted by molar-refractivity contribution is 5.21. The van der Waals surface area contributed by atoms with E-state index in [1.165, 1.54) is 37.1 Å². The fourth-order valence-electron chi connectivity index (χ4n) is 2.71. The van der Waals surface area contributed by atoms with E-state index in [1.807, 2.05) is 12.3 Å². The summed E-state index contributed by atoms with van der Waals surface area (Å²) in [4.78, 5) is 7.19. The standard InChI is InChI=1S/C14H22N2/c1-11(2)16-10-5-4-8-13(16)14-12(3)7-6-9-15-14/h6-7,9,11,13H,4-5,8,10H2,1-3H3/t13-/m0/s1. The Balaban J connectivity index is 2.27. The summed E-state index contributed by atoms with van der Waals surface area (Å²) in [7, 11) is 0. The van der Waals surface area contributed by atoms with E-state index in [1.54, 1.807) is 0 Å². The zero-order valence-electron chi connectivity index (χ0n) is 10.6. The zero-order valence-corrected chi connectivity index (χ0v) is 10.6. The molecule has 0 spiro atoms. The largest absolute Gasteiger partial charge is 0.292 e. The van der Waals surface area contributed by atoms with Crippen molar-refractivity contribution in [2.75, 3.05) is 6.54 Å². The number of likely N-dealkylation sites (tertiary alicyclic amines) is 1. The summed E-state index contributed by atoms with van der Waals surface area (Å²) in [5, 5.41) is 0. The Morgan fingerprint density at radius 3 is 2.88 bits per heavy atom. The van der Waals surface area contributed by atoms with Gasteiger partial charge in [-0.3, -0.25) is 9.88 Å². The molecule has 16 heavy (non-hydrogen) atoms. The number of rotatable bonds is 2. The van der Waals surface area contributed by atoms with Gasteiger partial charge in [-0.2, -0.15) is 0 Å². The van der Waals surface area contributed by atoms with Crippen molar-refractivity contribution in [3.05, 3.63) is 29.6 Å². The highest BCUT2D eigenvalue weighted by Gasteiger charge is 2.27. The lowest BCUT2D eigenvalue weighted by molar-refractivity contribution is 0.109. The normalized spacial score (nSPS) is 22.6. The van der Waals surface area contributed by atoms with Crippen LogP contribution in [0.2, 0.25) is 0 Å². The molecule has 1 fully saturated rings. The van der Waals surface area contributed by atoms with Gasteiger partial charge in [0, 0.05) is 12.2 Å². The third-order valence-corrected chi connectivity index (χ3v) is 3.57. The van der Waals surface area contributed by atoms with Gasteiger partial charge in [-0.05, 0) is 51.8 Å². The minimum absolute atomic E-state index is 0.537. The third-order valence-electron chi connectivity index (χ3n) is 3.57. The topological polar surface area (TPSA) is 16.1 Å². The highest BCUT2D eigenvalue weighted by atomic mass is 15.2. The van der Waals surface area contributed by atoms with E-state index in [0.717, 1.165) is 0 Å². The second-order valence-electron chi connectivity index (χ2n) is 5.05. The molecule has 0 unspecified atom stereocenters. The van der Waals surface area contributed by atoms with E-state index in [4.69, 9.17) is 0 Å². The number of nitrogens with zero attached hydrogens (tertiary/aromatic N) is 2. The number of aromatic nitrogens is 1. The highest BCUT2D eigenvalue weighted by Crippen LogP contribution is 2.32. The lowest BCUT2D eigenvalue weighted by Gasteiger charge is -2.38. The third kappa shape index (κ3) is 2.27. The first kappa shape index (κ1) is 11.6. The first-order valence-corrected chi connectivity index (χ1v) is 6.37. The van der Waals surface area contributed by atoms with Crippen LogP contribution in [0.1, 0.15) is 50.4 Å². The summed E-state index contributed by atoms with van der Waals surface area (Å²) < 4.78 is 0. The quantitative estimate of drug-likeness (QED) is 0.757. The molecule has 1 atom stereocenters. The molecule has 0 amide bonds. The molecule has 0 bridgehead atoms. The number of hydrogen-bond donors (Lipinski definition) is 0. The Morgan fingerprint density at radius 1 is 1.38 bits per heavy atom. The Hall–Kier alpha value is -0.890. The zero-order chi connectivity index (χ0) is 11.5. The van der Waals surface area contributed by atoms with Crippen molar-refractivity contribution in [3.63, 3.8) is 0 Å². The average molecular weight is 218 g/mol. The minimum atomic E-state index is 0.537. The molecule has 0 radical (unpaired) electrons. The Morgan fingerprint density at radius 2 is 2.19 bits per heavy atom. The molecule has 2 rings (SSSR count). The summed E-state index contributed by atoms with van der Waals surface area (Å²) in [5.41, 5.74) is 2.62. The van der Waals surface area contributed by atoms with Gasteiger partial charge < -0.3 is 0 Å². The van der Waals surface area contributed by atoms with E-state index in [2.05, 4.69) is 36.7 Å². The van der Waals surface area contributed by atoms with Crippen LogP contribution in [-0.2, 0) is 0 Å². The van der Waals surface area contributed by atoms with Gasteiger partial charge in [0.25, 0.3) is 0 Å². The van der Waals surface area contributed by atoms with Crippen molar-refractivity contribution < 1.29 is 0 Å². The van der Waals surface area contributed by atoms with Crippen LogP contribution in [0.4, 0.5) is 0 Å². The molecule has 1 aromatic heterocycles. The molecule has 0 saturated carbocycles. The molecule has 88 valence electrons. The fourth-order valence-corrected chi connectivity index (χ4v) is 2.71. The van der Waals surface area contributed by atoms with E-state index in [-0.39, 0.29) is 0 Å². The SMILES string of the molecule is Cc1cccnc1[C@@H]1CCCCN1C(C)C. The smallest absolute Gasteiger partial charge is 0.0604 e. The molecule has 1 aliphatic rings. The summed E-state index contributed by atoms with van der Waals surface area (Å²) in [6.45, 7) is 7.97. The molecule has 2 nitrogen and oxygen atoms in total. The van der Waals surface area contributed by atoms with E-state index < -0.39 is 0 Å². The maximum Gasteiger partial charge on any atom is 0.0604 e. The molecule has 2 heterocycles. The van der Waals surface area contributed by atoms with Gasteiger partial charge in [0.2, 0.25) is 0 Å². The summed E-state index contributed by atoms with van der Waals surface area (Å²) in [6, 6.07) is 5.36. The molecule has 0 N–H and O–H groups in total. The summed E-state index contributed by atoms with van der Waals surface area (Å²) in [5.74, 6) is 0. The Kier molecular flexibility index (Phi) is 3.59. The van der Waals surface area contributed by atoms with Crippen molar-refractivity contribution in [2.45, 2.75) is 52.1 Å². The van der Waals surface area contributed by atoms with Gasteiger partial charge in [0.15, 0.2) is 0 Å². The van der Waals surface area contributed by atoms with Crippen molar-refractivity contribution in [3.8, 4) is 0 Å². The number of hydrogen-bond acceptors (Lipinski definition) is 2. The number of pyridine rings is 1. The number of piperidine rings is 1. The number of aryl methyl sites for hydroxylation is 1. The molecule has 1 aromatic rings. The fraction of sp³-hybridized carbons (Fsp3) is 0.643. The van der Waals surface area contributed by atoms with E-state index in [0.29, 0.717) is 12.1 Å². The Labute approximate surface area is 98.7 Å². The van der Waals surface area contributed by atoms with Crippen LogP contribution in [0.25, 0.3) is 0 Å².